The molecule has 1 aromatic carbocycles. The van der Waals surface area contributed by atoms with Crippen molar-refractivity contribution < 1.29 is 4.79 Å². The average molecular weight is 285 g/mol. The third-order valence-corrected chi connectivity index (χ3v) is 4.47. The van der Waals surface area contributed by atoms with Crippen molar-refractivity contribution in [2.24, 2.45) is 5.92 Å². The Balaban J connectivity index is 1.89. The summed E-state index contributed by atoms with van der Waals surface area (Å²) in [5, 5.41) is 3.14. The summed E-state index contributed by atoms with van der Waals surface area (Å²) in [7, 11) is 0. The smallest absolute Gasteiger partial charge is 0.244 e. The molecule has 114 valence electrons. The number of carbonyl (C=O) groups excluding carboxylic acids is 1. The number of benzene rings is 1. The van der Waals surface area contributed by atoms with E-state index in [1.54, 1.807) is 6.08 Å². The highest BCUT2D eigenvalue weighted by atomic mass is 16.1. The van der Waals surface area contributed by atoms with E-state index in [2.05, 4.69) is 50.4 Å². The molecule has 0 unspecified atom stereocenters. The first kappa shape index (κ1) is 15.8. The van der Waals surface area contributed by atoms with E-state index in [9.17, 15) is 4.79 Å². The summed E-state index contributed by atoms with van der Waals surface area (Å²) in [6.07, 6.45) is 8.43. The van der Waals surface area contributed by atoms with Crippen LogP contribution in [0.25, 0.3) is 6.08 Å². The van der Waals surface area contributed by atoms with Crippen molar-refractivity contribution in [1.82, 2.24) is 5.32 Å². The molecule has 1 aliphatic carbocycles. The maximum Gasteiger partial charge on any atom is 0.244 e. The molecule has 1 aliphatic rings. The minimum absolute atomic E-state index is 0.0293. The van der Waals surface area contributed by atoms with E-state index in [1.807, 2.05) is 6.08 Å². The van der Waals surface area contributed by atoms with Gasteiger partial charge < -0.3 is 5.32 Å². The maximum absolute atomic E-state index is 12.0. The molecule has 2 rings (SSSR count). The lowest BCUT2D eigenvalue weighted by Crippen LogP contribution is -2.40. The van der Waals surface area contributed by atoms with Gasteiger partial charge in [-0.05, 0) is 41.9 Å². The molecule has 0 radical (unpaired) electrons. The molecule has 0 aliphatic heterocycles. The SMILES string of the molecule is CC(C)c1ccc(/C=C\C(=O)N[C@@H]2CCCC[C@H]2C)cc1. The van der Waals surface area contributed by atoms with Gasteiger partial charge in [-0.3, -0.25) is 4.79 Å². The molecule has 0 saturated heterocycles. The van der Waals surface area contributed by atoms with Gasteiger partial charge in [0.15, 0.2) is 0 Å². The van der Waals surface area contributed by atoms with E-state index >= 15 is 0 Å². The van der Waals surface area contributed by atoms with Crippen LogP contribution in [0.2, 0.25) is 0 Å². The Bertz CT molecular complexity index is 487. The molecule has 1 fully saturated rings. The van der Waals surface area contributed by atoms with Gasteiger partial charge in [-0.15, -0.1) is 0 Å². The Hall–Kier alpha value is -1.57. The molecular formula is C19H27NO. The molecule has 2 nitrogen and oxygen atoms in total. The fraction of sp³-hybridized carbons (Fsp3) is 0.526. The van der Waals surface area contributed by atoms with E-state index in [4.69, 9.17) is 0 Å². The van der Waals surface area contributed by atoms with Gasteiger partial charge in [0, 0.05) is 12.1 Å². The lowest BCUT2D eigenvalue weighted by Gasteiger charge is -2.29. The molecule has 1 N–H and O–H groups in total. The Morgan fingerprint density at radius 2 is 1.86 bits per heavy atom. The number of hydrogen-bond acceptors (Lipinski definition) is 1. The van der Waals surface area contributed by atoms with Gasteiger partial charge in [0.05, 0.1) is 0 Å². The quantitative estimate of drug-likeness (QED) is 0.810. The predicted octanol–water partition coefficient (Wildman–Crippen LogP) is 4.52. The largest absolute Gasteiger partial charge is 0.350 e. The molecule has 21 heavy (non-hydrogen) atoms. The van der Waals surface area contributed by atoms with Crippen molar-refractivity contribution in [3.63, 3.8) is 0 Å². The number of carbonyl (C=O) groups is 1. The normalized spacial score (nSPS) is 22.7. The summed E-state index contributed by atoms with van der Waals surface area (Å²) in [5.41, 5.74) is 2.40. The highest BCUT2D eigenvalue weighted by molar-refractivity contribution is 5.91. The Morgan fingerprint density at radius 1 is 1.19 bits per heavy atom. The summed E-state index contributed by atoms with van der Waals surface area (Å²) in [6, 6.07) is 8.75. The van der Waals surface area contributed by atoms with Crippen LogP contribution >= 0.6 is 0 Å². The van der Waals surface area contributed by atoms with E-state index in [1.165, 1.54) is 24.8 Å². The summed E-state index contributed by atoms with van der Waals surface area (Å²) in [6.45, 7) is 6.60. The minimum atomic E-state index is 0.0293. The highest BCUT2D eigenvalue weighted by Gasteiger charge is 2.21. The van der Waals surface area contributed by atoms with Crippen LogP contribution in [0, 0.1) is 5.92 Å². The van der Waals surface area contributed by atoms with Gasteiger partial charge in [-0.25, -0.2) is 0 Å². The van der Waals surface area contributed by atoms with Crippen LogP contribution in [0.1, 0.15) is 63.5 Å². The molecule has 2 heteroatoms. The molecular weight excluding hydrogens is 258 g/mol. The molecule has 1 aromatic rings. The molecule has 1 amide bonds. The lowest BCUT2D eigenvalue weighted by atomic mass is 9.86. The van der Waals surface area contributed by atoms with Crippen LogP contribution in [-0.4, -0.2) is 11.9 Å². The van der Waals surface area contributed by atoms with Gasteiger partial charge in [-0.2, -0.15) is 0 Å². The lowest BCUT2D eigenvalue weighted by molar-refractivity contribution is -0.117. The van der Waals surface area contributed by atoms with Crippen molar-refractivity contribution in [3.8, 4) is 0 Å². The van der Waals surface area contributed by atoms with Crippen molar-refractivity contribution in [2.75, 3.05) is 0 Å². The number of amides is 1. The standard InChI is InChI=1S/C19H27NO/c1-14(2)17-11-8-16(9-12-17)10-13-19(21)20-18-7-5-4-6-15(18)3/h8-15,18H,4-7H2,1-3H3,(H,20,21)/b13-10-/t15-,18-/m1/s1. The molecule has 0 bridgehead atoms. The Kier molecular flexibility index (Phi) is 5.60. The fourth-order valence-corrected chi connectivity index (χ4v) is 2.93. The van der Waals surface area contributed by atoms with Crippen LogP contribution in [0.4, 0.5) is 0 Å². The van der Waals surface area contributed by atoms with Crippen molar-refractivity contribution in [1.29, 1.82) is 0 Å². The van der Waals surface area contributed by atoms with E-state index in [0.29, 0.717) is 17.9 Å². The second kappa shape index (κ2) is 7.44. The molecule has 0 heterocycles. The predicted molar refractivity (Wildman–Crippen MR) is 89.1 cm³/mol. The van der Waals surface area contributed by atoms with E-state index in [-0.39, 0.29) is 5.91 Å². The second-order valence-electron chi connectivity index (χ2n) is 6.53. The number of rotatable bonds is 4. The molecule has 0 spiro atoms. The minimum Gasteiger partial charge on any atom is -0.350 e. The van der Waals surface area contributed by atoms with Crippen molar-refractivity contribution in [2.45, 2.75) is 58.4 Å². The third-order valence-electron chi connectivity index (χ3n) is 4.47. The van der Waals surface area contributed by atoms with Crippen LogP contribution in [0.5, 0.6) is 0 Å². The van der Waals surface area contributed by atoms with Crippen molar-refractivity contribution in [3.05, 3.63) is 41.5 Å². The zero-order chi connectivity index (χ0) is 15.2. The summed E-state index contributed by atoms with van der Waals surface area (Å²) in [4.78, 5) is 12.0. The van der Waals surface area contributed by atoms with Gasteiger partial charge in [0.25, 0.3) is 0 Å². The Labute approximate surface area is 128 Å². The summed E-state index contributed by atoms with van der Waals surface area (Å²) >= 11 is 0. The number of nitrogens with one attached hydrogen (secondary N) is 1. The summed E-state index contributed by atoms with van der Waals surface area (Å²) < 4.78 is 0. The first-order valence-electron chi connectivity index (χ1n) is 8.15. The van der Waals surface area contributed by atoms with Gasteiger partial charge in [-0.1, -0.05) is 57.9 Å². The Morgan fingerprint density at radius 3 is 2.48 bits per heavy atom. The van der Waals surface area contributed by atoms with Crippen LogP contribution in [0.3, 0.4) is 0 Å². The van der Waals surface area contributed by atoms with Gasteiger partial charge >= 0.3 is 0 Å². The first-order chi connectivity index (χ1) is 10.1. The van der Waals surface area contributed by atoms with E-state index in [0.717, 1.165) is 12.0 Å². The van der Waals surface area contributed by atoms with Crippen LogP contribution in [-0.2, 0) is 4.79 Å². The number of hydrogen-bond donors (Lipinski definition) is 1. The zero-order valence-corrected chi connectivity index (χ0v) is 13.4. The third kappa shape index (κ3) is 4.73. The topological polar surface area (TPSA) is 29.1 Å². The molecule has 1 saturated carbocycles. The van der Waals surface area contributed by atoms with Crippen LogP contribution in [0.15, 0.2) is 30.3 Å². The van der Waals surface area contributed by atoms with Gasteiger partial charge in [0.1, 0.15) is 0 Å². The fourth-order valence-electron chi connectivity index (χ4n) is 2.93. The van der Waals surface area contributed by atoms with Crippen LogP contribution < -0.4 is 5.32 Å². The summed E-state index contributed by atoms with van der Waals surface area (Å²) in [5.74, 6) is 1.17. The second-order valence-corrected chi connectivity index (χ2v) is 6.53. The highest BCUT2D eigenvalue weighted by Crippen LogP contribution is 2.23. The molecule has 2 atom stereocenters. The van der Waals surface area contributed by atoms with Gasteiger partial charge in [0.2, 0.25) is 5.91 Å². The maximum atomic E-state index is 12.0. The first-order valence-corrected chi connectivity index (χ1v) is 8.15. The van der Waals surface area contributed by atoms with Crippen molar-refractivity contribution >= 4 is 12.0 Å². The average Bonchev–Trinajstić information content (AvgIpc) is 2.48. The zero-order valence-electron chi connectivity index (χ0n) is 13.4. The monoisotopic (exact) mass is 285 g/mol. The molecule has 0 aromatic heterocycles. The van der Waals surface area contributed by atoms with E-state index < -0.39 is 0 Å².